The summed E-state index contributed by atoms with van der Waals surface area (Å²) in [5, 5.41) is 1.02. The number of nitrogens with two attached hydrogens (primary N) is 1. The highest BCUT2D eigenvalue weighted by atomic mass is 32.2. The molecule has 0 saturated carbocycles. The van der Waals surface area contributed by atoms with Crippen LogP contribution in [-0.4, -0.2) is 19.9 Å². The van der Waals surface area contributed by atoms with Crippen molar-refractivity contribution >= 4 is 20.8 Å². The van der Waals surface area contributed by atoms with Crippen molar-refractivity contribution in [2.24, 2.45) is 5.84 Å². The number of benzene rings is 1. The summed E-state index contributed by atoms with van der Waals surface area (Å²) >= 11 is 0. The van der Waals surface area contributed by atoms with Gasteiger partial charge in [0.25, 0.3) is 0 Å². The third-order valence-corrected chi connectivity index (χ3v) is 5.17. The van der Waals surface area contributed by atoms with E-state index < -0.39 is 9.84 Å². The maximum atomic E-state index is 11.5. The molecule has 0 radical (unpaired) electrons. The van der Waals surface area contributed by atoms with E-state index in [0.717, 1.165) is 16.7 Å². The number of nitrogens with one attached hydrogen (secondary N) is 1. The highest BCUT2D eigenvalue weighted by Gasteiger charge is 2.16. The smallest absolute Gasteiger partial charge is 0.150 e. The van der Waals surface area contributed by atoms with Crippen LogP contribution >= 0.6 is 0 Å². The molecule has 1 atom stereocenters. The number of rotatable bonds is 7. The first-order chi connectivity index (χ1) is 9.55. The van der Waals surface area contributed by atoms with Gasteiger partial charge in [0.1, 0.15) is 21.2 Å². The summed E-state index contributed by atoms with van der Waals surface area (Å²) in [6.07, 6.45) is 1.18. The minimum Gasteiger partial charge on any atom is -0.459 e. The quantitative estimate of drug-likeness (QED) is 0.604. The Morgan fingerprint density at radius 1 is 1.35 bits per heavy atom. The number of furan rings is 1. The van der Waals surface area contributed by atoms with E-state index in [-0.39, 0.29) is 17.5 Å². The molecule has 1 aromatic heterocycles. The molecule has 5 nitrogen and oxygen atoms in total. The van der Waals surface area contributed by atoms with Crippen LogP contribution in [0.5, 0.6) is 0 Å². The molecule has 3 N–H and O–H groups in total. The second kappa shape index (κ2) is 6.39. The Morgan fingerprint density at radius 3 is 2.75 bits per heavy atom. The first-order valence-electron chi connectivity index (χ1n) is 6.71. The van der Waals surface area contributed by atoms with E-state index in [1.807, 2.05) is 30.3 Å². The molecule has 20 heavy (non-hydrogen) atoms. The second-order valence-electron chi connectivity index (χ2n) is 4.78. The van der Waals surface area contributed by atoms with E-state index in [4.69, 9.17) is 10.3 Å². The summed E-state index contributed by atoms with van der Waals surface area (Å²) in [6.45, 7) is 1.66. The monoisotopic (exact) mass is 296 g/mol. The number of hydrogen-bond donors (Lipinski definition) is 2. The van der Waals surface area contributed by atoms with Crippen LogP contribution in [-0.2, 0) is 9.84 Å². The number of hydrogen-bond acceptors (Lipinski definition) is 5. The summed E-state index contributed by atoms with van der Waals surface area (Å²) in [7, 11) is -2.93. The van der Waals surface area contributed by atoms with Crippen LogP contribution < -0.4 is 11.3 Å². The third kappa shape index (κ3) is 3.59. The van der Waals surface area contributed by atoms with E-state index >= 15 is 0 Å². The molecule has 1 heterocycles. The average molecular weight is 296 g/mol. The zero-order valence-corrected chi connectivity index (χ0v) is 12.3. The minimum atomic E-state index is -2.93. The van der Waals surface area contributed by atoms with Gasteiger partial charge < -0.3 is 4.42 Å². The van der Waals surface area contributed by atoms with Crippen LogP contribution in [0.2, 0.25) is 0 Å². The van der Waals surface area contributed by atoms with Gasteiger partial charge in [0.2, 0.25) is 0 Å². The predicted octanol–water partition coefficient (Wildman–Crippen LogP) is 2.15. The molecule has 6 heteroatoms. The van der Waals surface area contributed by atoms with Crippen molar-refractivity contribution < 1.29 is 12.8 Å². The van der Waals surface area contributed by atoms with E-state index in [1.54, 1.807) is 6.92 Å². The Kier molecular flexibility index (Phi) is 4.80. The molecule has 110 valence electrons. The summed E-state index contributed by atoms with van der Waals surface area (Å²) in [5.74, 6) is 6.65. The summed E-state index contributed by atoms with van der Waals surface area (Å²) in [5.41, 5.74) is 3.50. The molecule has 0 spiro atoms. The molecule has 1 unspecified atom stereocenters. The van der Waals surface area contributed by atoms with Crippen molar-refractivity contribution in [2.75, 3.05) is 11.5 Å². The molecule has 0 bridgehead atoms. The maximum Gasteiger partial charge on any atom is 0.150 e. The van der Waals surface area contributed by atoms with Crippen molar-refractivity contribution in [3.05, 3.63) is 36.1 Å². The largest absolute Gasteiger partial charge is 0.459 e. The van der Waals surface area contributed by atoms with Gasteiger partial charge in [-0.05, 0) is 25.0 Å². The maximum absolute atomic E-state index is 11.5. The lowest BCUT2D eigenvalue weighted by Gasteiger charge is -2.12. The van der Waals surface area contributed by atoms with Gasteiger partial charge in [0.15, 0.2) is 0 Å². The van der Waals surface area contributed by atoms with Crippen LogP contribution in [0.25, 0.3) is 11.0 Å². The lowest BCUT2D eigenvalue weighted by Crippen LogP contribution is -2.28. The zero-order chi connectivity index (χ0) is 14.6. The number of fused-ring (bicyclic) bond motifs is 1. The second-order valence-corrected chi connectivity index (χ2v) is 7.26. The molecule has 1 aromatic carbocycles. The summed E-state index contributed by atoms with van der Waals surface area (Å²) < 4.78 is 28.7. The average Bonchev–Trinajstić information content (AvgIpc) is 2.87. The molecule has 0 aliphatic heterocycles. The van der Waals surface area contributed by atoms with E-state index in [2.05, 4.69) is 5.43 Å². The third-order valence-electron chi connectivity index (χ3n) is 3.38. The Labute approximate surface area is 119 Å². The lowest BCUT2D eigenvalue weighted by molar-refractivity contribution is 0.414. The first-order valence-corrected chi connectivity index (χ1v) is 8.53. The molecule has 0 fully saturated rings. The van der Waals surface area contributed by atoms with E-state index in [9.17, 15) is 8.42 Å². The normalized spacial score (nSPS) is 13.7. The fourth-order valence-electron chi connectivity index (χ4n) is 2.13. The molecule has 2 rings (SSSR count). The molecular weight excluding hydrogens is 276 g/mol. The van der Waals surface area contributed by atoms with Gasteiger partial charge in [-0.1, -0.05) is 25.1 Å². The molecule has 0 amide bonds. The molecule has 0 aliphatic rings. The first kappa shape index (κ1) is 15.0. The van der Waals surface area contributed by atoms with Crippen molar-refractivity contribution in [3.63, 3.8) is 0 Å². The Morgan fingerprint density at radius 2 is 2.10 bits per heavy atom. The predicted molar refractivity (Wildman–Crippen MR) is 79.8 cm³/mol. The fraction of sp³-hybridized carbons (Fsp3) is 0.429. The molecule has 0 saturated heterocycles. The van der Waals surface area contributed by atoms with Crippen LogP contribution in [0.1, 0.15) is 31.6 Å². The van der Waals surface area contributed by atoms with Gasteiger partial charge in [-0.15, -0.1) is 0 Å². The van der Waals surface area contributed by atoms with Gasteiger partial charge in [-0.2, -0.15) is 0 Å². The lowest BCUT2D eigenvalue weighted by atomic mass is 10.1. The van der Waals surface area contributed by atoms with Crippen molar-refractivity contribution in [3.8, 4) is 0 Å². The van der Waals surface area contributed by atoms with Crippen LogP contribution in [0.3, 0.4) is 0 Å². The van der Waals surface area contributed by atoms with Gasteiger partial charge >= 0.3 is 0 Å². The minimum absolute atomic E-state index is 0.172. The highest BCUT2D eigenvalue weighted by molar-refractivity contribution is 7.91. The number of sulfone groups is 1. The van der Waals surface area contributed by atoms with Gasteiger partial charge in [-0.3, -0.25) is 5.84 Å². The van der Waals surface area contributed by atoms with Crippen LogP contribution in [0.4, 0.5) is 0 Å². The van der Waals surface area contributed by atoms with E-state index in [0.29, 0.717) is 12.8 Å². The SMILES string of the molecule is CCS(=O)(=O)CCCC(NN)c1cc2ccccc2o1. The number of para-hydroxylation sites is 1. The standard InChI is InChI=1S/C14H20N2O3S/c1-2-20(17,18)9-5-7-12(16-15)14-10-11-6-3-4-8-13(11)19-14/h3-4,6,8,10,12,16H,2,5,7,9,15H2,1H3. The summed E-state index contributed by atoms with van der Waals surface area (Å²) in [4.78, 5) is 0. The molecular formula is C14H20N2O3S. The Hall–Kier alpha value is -1.37. The van der Waals surface area contributed by atoms with Gasteiger partial charge in [0, 0.05) is 11.1 Å². The zero-order valence-electron chi connectivity index (χ0n) is 11.5. The van der Waals surface area contributed by atoms with Crippen molar-refractivity contribution in [1.29, 1.82) is 0 Å². The van der Waals surface area contributed by atoms with Gasteiger partial charge in [-0.25, -0.2) is 13.8 Å². The topological polar surface area (TPSA) is 85.3 Å². The molecule has 0 aliphatic carbocycles. The van der Waals surface area contributed by atoms with E-state index in [1.165, 1.54) is 0 Å². The van der Waals surface area contributed by atoms with Crippen molar-refractivity contribution in [1.82, 2.24) is 5.43 Å². The fourth-order valence-corrected chi connectivity index (χ4v) is 3.03. The van der Waals surface area contributed by atoms with Crippen LogP contribution in [0, 0.1) is 0 Å². The number of hydrazine groups is 1. The van der Waals surface area contributed by atoms with Gasteiger partial charge in [0.05, 0.1) is 11.8 Å². The van der Waals surface area contributed by atoms with Crippen LogP contribution in [0.15, 0.2) is 34.7 Å². The Balaban J connectivity index is 2.04. The van der Waals surface area contributed by atoms with Crippen molar-refractivity contribution in [2.45, 2.75) is 25.8 Å². The summed E-state index contributed by atoms with van der Waals surface area (Å²) in [6, 6.07) is 9.49. The molecule has 2 aromatic rings. The highest BCUT2D eigenvalue weighted by Crippen LogP contribution is 2.26. The Bertz CT molecular complexity index is 631.